The summed E-state index contributed by atoms with van der Waals surface area (Å²) in [6.07, 6.45) is 1.51. The van der Waals surface area contributed by atoms with Crippen molar-refractivity contribution >= 4 is 21.1 Å². The minimum atomic E-state index is -3.74. The second kappa shape index (κ2) is 8.64. The van der Waals surface area contributed by atoms with E-state index in [1.165, 1.54) is 21.1 Å². The molecule has 1 fully saturated rings. The van der Waals surface area contributed by atoms with Crippen LogP contribution in [0.25, 0.3) is 22.4 Å². The Bertz CT molecular complexity index is 1310. The van der Waals surface area contributed by atoms with Crippen molar-refractivity contribution in [1.29, 1.82) is 0 Å². The summed E-state index contributed by atoms with van der Waals surface area (Å²) in [5, 5.41) is 13.6. The predicted octanol–water partition coefficient (Wildman–Crippen LogP) is 1.29. The van der Waals surface area contributed by atoms with Crippen LogP contribution in [0.3, 0.4) is 0 Å². The van der Waals surface area contributed by atoms with Crippen LogP contribution in [0.2, 0.25) is 0 Å². The lowest BCUT2D eigenvalue weighted by Crippen LogP contribution is -2.51. The van der Waals surface area contributed by atoms with Gasteiger partial charge in [0.05, 0.1) is 22.8 Å². The summed E-state index contributed by atoms with van der Waals surface area (Å²) in [7, 11) is -2.04. The van der Waals surface area contributed by atoms with Crippen LogP contribution in [0.5, 0.6) is 5.75 Å². The number of sulfonamides is 1. The number of nitrogens with zero attached hydrogens (tertiary/aromatic N) is 4. The Hall–Kier alpha value is -2.76. The van der Waals surface area contributed by atoms with Crippen LogP contribution in [0.4, 0.5) is 0 Å². The number of hydrogen-bond donors (Lipinski definition) is 2. The summed E-state index contributed by atoms with van der Waals surface area (Å²) >= 11 is 0. The monoisotopic (exact) mass is 461 g/mol. The van der Waals surface area contributed by atoms with Crippen molar-refractivity contribution in [3.8, 4) is 17.1 Å². The number of fused-ring (bicyclic) bond motifs is 1. The zero-order valence-corrected chi connectivity index (χ0v) is 19.1. The number of aliphatic hydroxyl groups excluding tert-OH is 1. The van der Waals surface area contributed by atoms with Crippen LogP contribution < -0.4 is 10.3 Å². The normalized spacial score (nSPS) is 15.2. The third kappa shape index (κ3) is 3.80. The third-order valence-corrected chi connectivity index (χ3v) is 7.40. The standard InChI is InChI=1S/C21H27N5O5S/c1-4-6-16-18-19(25(3)24-16)21(28)23-20(22-18)15-9-14(7-8-17(15)31-5-2)32(29,30)26-10-13(11-26)12-27/h7-9,13,27H,4-6,10-12H2,1-3H3,(H,22,23,28). The molecule has 0 bridgehead atoms. The maximum absolute atomic E-state index is 13.0. The second-order valence-corrected chi connectivity index (χ2v) is 9.83. The van der Waals surface area contributed by atoms with E-state index in [1.54, 1.807) is 13.1 Å². The van der Waals surface area contributed by atoms with Crippen molar-refractivity contribution in [2.75, 3.05) is 26.3 Å². The quantitative estimate of drug-likeness (QED) is 0.517. The maximum atomic E-state index is 13.0. The minimum absolute atomic E-state index is 0.0447. The fourth-order valence-electron chi connectivity index (χ4n) is 3.90. The minimum Gasteiger partial charge on any atom is -0.493 e. The van der Waals surface area contributed by atoms with Gasteiger partial charge in [0, 0.05) is 32.7 Å². The fraction of sp³-hybridized carbons (Fsp3) is 0.476. The van der Waals surface area contributed by atoms with Gasteiger partial charge in [0.1, 0.15) is 17.1 Å². The van der Waals surface area contributed by atoms with E-state index in [0.717, 1.165) is 12.1 Å². The average Bonchev–Trinajstić information content (AvgIpc) is 3.03. The molecule has 1 aliphatic heterocycles. The predicted molar refractivity (Wildman–Crippen MR) is 119 cm³/mol. The van der Waals surface area contributed by atoms with Crippen LogP contribution in [0.1, 0.15) is 26.0 Å². The molecular weight excluding hydrogens is 434 g/mol. The van der Waals surface area contributed by atoms with Gasteiger partial charge in [-0.15, -0.1) is 0 Å². The molecule has 2 N–H and O–H groups in total. The summed E-state index contributed by atoms with van der Waals surface area (Å²) in [4.78, 5) is 20.3. The summed E-state index contributed by atoms with van der Waals surface area (Å²) in [5.41, 5.74) is 1.62. The largest absolute Gasteiger partial charge is 0.493 e. The molecule has 0 unspecified atom stereocenters. The molecule has 0 spiro atoms. The lowest BCUT2D eigenvalue weighted by molar-refractivity contribution is 0.117. The van der Waals surface area contributed by atoms with Gasteiger partial charge in [-0.3, -0.25) is 9.48 Å². The highest BCUT2D eigenvalue weighted by atomic mass is 32.2. The van der Waals surface area contributed by atoms with Crippen LogP contribution in [-0.2, 0) is 23.5 Å². The first-order valence-corrected chi connectivity index (χ1v) is 12.1. The van der Waals surface area contributed by atoms with E-state index in [-0.39, 0.29) is 41.9 Å². The Kier molecular flexibility index (Phi) is 6.06. The fourth-order valence-corrected chi connectivity index (χ4v) is 5.52. The number of ether oxygens (including phenoxy) is 1. The van der Waals surface area contributed by atoms with Gasteiger partial charge in [0.15, 0.2) is 5.52 Å². The van der Waals surface area contributed by atoms with Gasteiger partial charge in [-0.25, -0.2) is 13.4 Å². The van der Waals surface area contributed by atoms with E-state index in [1.807, 2.05) is 13.8 Å². The Morgan fingerprint density at radius 2 is 2.03 bits per heavy atom. The van der Waals surface area contributed by atoms with Gasteiger partial charge in [0.25, 0.3) is 5.56 Å². The molecule has 3 heterocycles. The molecule has 0 aliphatic carbocycles. The summed E-state index contributed by atoms with van der Waals surface area (Å²) in [5.74, 6) is 0.604. The molecule has 1 saturated heterocycles. The number of rotatable bonds is 8. The SMILES string of the molecule is CCCc1nn(C)c2c(=O)[nH]c(-c3cc(S(=O)(=O)N4CC(CO)C4)ccc3OCC)nc12. The molecule has 1 aromatic carbocycles. The Labute approximate surface area is 185 Å². The Morgan fingerprint density at radius 1 is 1.28 bits per heavy atom. The van der Waals surface area contributed by atoms with E-state index < -0.39 is 10.0 Å². The molecule has 1 aliphatic rings. The molecule has 3 aromatic rings. The summed E-state index contributed by atoms with van der Waals surface area (Å²) in [6.45, 7) is 4.72. The van der Waals surface area contributed by atoms with E-state index in [4.69, 9.17) is 4.74 Å². The molecule has 2 aromatic heterocycles. The molecule has 32 heavy (non-hydrogen) atoms. The number of benzene rings is 1. The summed E-state index contributed by atoms with van der Waals surface area (Å²) in [6, 6.07) is 4.54. The highest BCUT2D eigenvalue weighted by Gasteiger charge is 2.36. The molecule has 172 valence electrons. The molecule has 0 radical (unpaired) electrons. The smallest absolute Gasteiger partial charge is 0.277 e. The number of aryl methyl sites for hydroxylation is 2. The van der Waals surface area contributed by atoms with Gasteiger partial charge in [0.2, 0.25) is 10.0 Å². The highest BCUT2D eigenvalue weighted by Crippen LogP contribution is 2.33. The second-order valence-electron chi connectivity index (χ2n) is 7.89. The lowest BCUT2D eigenvalue weighted by atomic mass is 10.1. The van der Waals surface area contributed by atoms with Gasteiger partial charge < -0.3 is 14.8 Å². The van der Waals surface area contributed by atoms with E-state index in [2.05, 4.69) is 15.1 Å². The number of aromatic amines is 1. The molecule has 11 heteroatoms. The molecular formula is C21H27N5O5S. The van der Waals surface area contributed by atoms with Crippen LogP contribution >= 0.6 is 0 Å². The maximum Gasteiger partial charge on any atom is 0.277 e. The van der Waals surface area contributed by atoms with Gasteiger partial charge in [-0.1, -0.05) is 13.3 Å². The van der Waals surface area contributed by atoms with Crippen molar-refractivity contribution in [2.24, 2.45) is 13.0 Å². The Balaban J connectivity index is 1.85. The van der Waals surface area contributed by atoms with Crippen molar-refractivity contribution in [2.45, 2.75) is 31.6 Å². The van der Waals surface area contributed by atoms with Crippen molar-refractivity contribution < 1.29 is 18.3 Å². The van der Waals surface area contributed by atoms with Crippen molar-refractivity contribution in [3.05, 3.63) is 34.2 Å². The van der Waals surface area contributed by atoms with Gasteiger partial charge in [-0.2, -0.15) is 9.40 Å². The molecule has 10 nitrogen and oxygen atoms in total. The number of aromatic nitrogens is 4. The first-order chi connectivity index (χ1) is 15.3. The van der Waals surface area contributed by atoms with Crippen LogP contribution in [0, 0.1) is 5.92 Å². The van der Waals surface area contributed by atoms with Crippen LogP contribution in [-0.4, -0.2) is 63.9 Å². The molecule has 4 rings (SSSR count). The van der Waals surface area contributed by atoms with Crippen LogP contribution in [0.15, 0.2) is 27.9 Å². The first-order valence-electron chi connectivity index (χ1n) is 10.6. The molecule has 0 amide bonds. The zero-order valence-electron chi connectivity index (χ0n) is 18.3. The number of hydrogen-bond acceptors (Lipinski definition) is 7. The van der Waals surface area contributed by atoms with Gasteiger partial charge in [-0.05, 0) is 31.5 Å². The molecule has 0 atom stereocenters. The topological polar surface area (TPSA) is 130 Å². The zero-order chi connectivity index (χ0) is 23.0. The van der Waals surface area contributed by atoms with Crippen molar-refractivity contribution in [3.63, 3.8) is 0 Å². The number of H-pyrrole nitrogens is 1. The van der Waals surface area contributed by atoms with E-state index in [9.17, 15) is 18.3 Å². The summed E-state index contributed by atoms with van der Waals surface area (Å²) < 4.78 is 34.6. The Morgan fingerprint density at radius 3 is 2.69 bits per heavy atom. The van der Waals surface area contributed by atoms with Crippen molar-refractivity contribution in [1.82, 2.24) is 24.1 Å². The molecule has 0 saturated carbocycles. The number of nitrogens with one attached hydrogen (secondary N) is 1. The van der Waals surface area contributed by atoms with Gasteiger partial charge >= 0.3 is 0 Å². The lowest BCUT2D eigenvalue weighted by Gasteiger charge is -2.37. The average molecular weight is 462 g/mol. The third-order valence-electron chi connectivity index (χ3n) is 5.58. The van der Waals surface area contributed by atoms with E-state index in [0.29, 0.717) is 35.4 Å². The first kappa shape index (κ1) is 22.4. The highest BCUT2D eigenvalue weighted by molar-refractivity contribution is 7.89. The number of aliphatic hydroxyl groups is 1. The van der Waals surface area contributed by atoms with E-state index >= 15 is 0 Å².